The molecule has 0 saturated carbocycles. The quantitative estimate of drug-likeness (QED) is 0.815. The molecular weight excluding hydrogens is 204 g/mol. The summed E-state index contributed by atoms with van der Waals surface area (Å²) >= 11 is 0. The number of nitrogens with one attached hydrogen (secondary N) is 1. The minimum Gasteiger partial charge on any atom is -0.408 e. The van der Waals surface area contributed by atoms with Crippen LogP contribution in [0.1, 0.15) is 11.5 Å². The van der Waals surface area contributed by atoms with E-state index in [1.54, 1.807) is 0 Å². The maximum Gasteiger partial charge on any atom is 0.312 e. The number of para-hydroxylation sites is 1. The first kappa shape index (κ1) is 10.5. The Morgan fingerprint density at radius 2 is 2.12 bits per heavy atom. The monoisotopic (exact) mass is 218 g/mol. The number of anilines is 2. The van der Waals surface area contributed by atoms with Crippen LogP contribution in [0.25, 0.3) is 0 Å². The molecule has 84 valence electrons. The van der Waals surface area contributed by atoms with Crippen molar-refractivity contribution in [1.82, 2.24) is 10.2 Å². The number of rotatable bonds is 4. The summed E-state index contributed by atoms with van der Waals surface area (Å²) in [6.07, 6.45) is 0.665. The molecule has 0 radical (unpaired) electrons. The Hall–Kier alpha value is -2.04. The van der Waals surface area contributed by atoms with Crippen LogP contribution in [-0.4, -0.2) is 16.7 Å². The third-order valence-electron chi connectivity index (χ3n) is 2.28. The van der Waals surface area contributed by atoms with Gasteiger partial charge in [0.05, 0.1) is 0 Å². The molecule has 1 heterocycles. The van der Waals surface area contributed by atoms with Crippen molar-refractivity contribution in [2.75, 3.05) is 17.6 Å². The van der Waals surface area contributed by atoms with Crippen LogP contribution in [0.2, 0.25) is 0 Å². The molecule has 2 aromatic rings. The lowest BCUT2D eigenvalue weighted by molar-refractivity contribution is 0.513. The van der Waals surface area contributed by atoms with E-state index in [2.05, 4.69) is 28.5 Å². The van der Waals surface area contributed by atoms with Gasteiger partial charge in [0.25, 0.3) is 0 Å². The first-order valence-electron chi connectivity index (χ1n) is 5.13. The predicted molar refractivity (Wildman–Crippen MR) is 62.1 cm³/mol. The standard InChI is InChI=1S/C11H14N4O/c1-8-4-2-3-5-9(8)13-7-6-10-14-15-11(12)16-10/h2-5,13H,6-7H2,1H3,(H2,12,15). The van der Waals surface area contributed by atoms with Crippen molar-refractivity contribution in [1.29, 1.82) is 0 Å². The fourth-order valence-corrected chi connectivity index (χ4v) is 1.44. The Balaban J connectivity index is 1.87. The summed E-state index contributed by atoms with van der Waals surface area (Å²) in [5.74, 6) is 0.554. The van der Waals surface area contributed by atoms with Crippen molar-refractivity contribution in [2.24, 2.45) is 0 Å². The van der Waals surface area contributed by atoms with Crippen LogP contribution in [0.15, 0.2) is 28.7 Å². The van der Waals surface area contributed by atoms with Gasteiger partial charge in [0.1, 0.15) is 0 Å². The van der Waals surface area contributed by atoms with Crippen molar-refractivity contribution in [3.05, 3.63) is 35.7 Å². The van der Waals surface area contributed by atoms with Crippen LogP contribution in [0.5, 0.6) is 0 Å². The predicted octanol–water partition coefficient (Wildman–Crippen LogP) is 1.61. The smallest absolute Gasteiger partial charge is 0.312 e. The number of hydrogen-bond acceptors (Lipinski definition) is 5. The molecule has 1 aromatic heterocycles. The Morgan fingerprint density at radius 3 is 2.81 bits per heavy atom. The summed E-state index contributed by atoms with van der Waals surface area (Å²) < 4.78 is 5.07. The highest BCUT2D eigenvalue weighted by Gasteiger charge is 2.02. The lowest BCUT2D eigenvalue weighted by Crippen LogP contribution is -2.06. The highest BCUT2D eigenvalue weighted by molar-refractivity contribution is 5.50. The Morgan fingerprint density at radius 1 is 1.31 bits per heavy atom. The molecule has 0 aliphatic rings. The van der Waals surface area contributed by atoms with E-state index in [-0.39, 0.29) is 6.01 Å². The first-order valence-corrected chi connectivity index (χ1v) is 5.13. The maximum absolute atomic E-state index is 5.32. The lowest BCUT2D eigenvalue weighted by Gasteiger charge is -2.07. The molecule has 0 atom stereocenters. The van der Waals surface area contributed by atoms with Gasteiger partial charge in [-0.15, -0.1) is 5.10 Å². The number of hydrogen-bond donors (Lipinski definition) is 2. The molecule has 0 unspecified atom stereocenters. The fraction of sp³-hybridized carbons (Fsp3) is 0.273. The molecule has 2 rings (SSSR count). The summed E-state index contributed by atoms with van der Waals surface area (Å²) in [6.45, 7) is 2.81. The van der Waals surface area contributed by atoms with Gasteiger partial charge in [-0.25, -0.2) is 0 Å². The molecule has 0 bridgehead atoms. The molecule has 0 amide bonds. The Kier molecular flexibility index (Phi) is 3.05. The molecule has 0 aliphatic carbocycles. The van der Waals surface area contributed by atoms with Gasteiger partial charge >= 0.3 is 6.01 Å². The van der Waals surface area contributed by atoms with Crippen molar-refractivity contribution in [3.63, 3.8) is 0 Å². The molecule has 0 spiro atoms. The number of aromatic nitrogens is 2. The summed E-state index contributed by atoms with van der Waals surface area (Å²) in [6, 6.07) is 8.23. The van der Waals surface area contributed by atoms with E-state index in [4.69, 9.17) is 10.2 Å². The van der Waals surface area contributed by atoms with Crippen molar-refractivity contribution in [2.45, 2.75) is 13.3 Å². The number of benzene rings is 1. The highest BCUT2D eigenvalue weighted by atomic mass is 16.4. The maximum atomic E-state index is 5.32. The SMILES string of the molecule is Cc1ccccc1NCCc1nnc(N)o1. The van der Waals surface area contributed by atoms with Crippen LogP contribution >= 0.6 is 0 Å². The van der Waals surface area contributed by atoms with Crippen molar-refractivity contribution >= 4 is 11.7 Å². The fourth-order valence-electron chi connectivity index (χ4n) is 1.44. The van der Waals surface area contributed by atoms with Gasteiger partial charge in [-0.05, 0) is 18.6 Å². The van der Waals surface area contributed by atoms with Crippen LogP contribution in [0.4, 0.5) is 11.7 Å². The average Bonchev–Trinajstić information content (AvgIpc) is 2.67. The molecule has 0 aliphatic heterocycles. The first-order chi connectivity index (χ1) is 7.75. The summed E-state index contributed by atoms with van der Waals surface area (Å²) in [5, 5.41) is 10.7. The van der Waals surface area contributed by atoms with E-state index in [1.807, 2.05) is 18.2 Å². The van der Waals surface area contributed by atoms with Gasteiger partial charge in [0.2, 0.25) is 5.89 Å². The molecule has 0 fully saturated rings. The van der Waals surface area contributed by atoms with E-state index in [0.29, 0.717) is 12.3 Å². The molecular formula is C11H14N4O. The second-order valence-corrected chi connectivity index (χ2v) is 3.53. The third-order valence-corrected chi connectivity index (χ3v) is 2.28. The molecule has 0 saturated heterocycles. The zero-order valence-corrected chi connectivity index (χ0v) is 9.10. The summed E-state index contributed by atoms with van der Waals surface area (Å²) in [4.78, 5) is 0. The zero-order chi connectivity index (χ0) is 11.4. The van der Waals surface area contributed by atoms with Gasteiger partial charge in [0, 0.05) is 18.7 Å². The van der Waals surface area contributed by atoms with Gasteiger partial charge in [-0.1, -0.05) is 23.3 Å². The molecule has 16 heavy (non-hydrogen) atoms. The van der Waals surface area contributed by atoms with E-state index in [9.17, 15) is 0 Å². The number of nitrogens with two attached hydrogens (primary N) is 1. The van der Waals surface area contributed by atoms with Crippen LogP contribution in [-0.2, 0) is 6.42 Å². The topological polar surface area (TPSA) is 77.0 Å². The van der Waals surface area contributed by atoms with E-state index < -0.39 is 0 Å². The van der Waals surface area contributed by atoms with E-state index >= 15 is 0 Å². The van der Waals surface area contributed by atoms with Crippen LogP contribution < -0.4 is 11.1 Å². The second kappa shape index (κ2) is 4.65. The number of nitrogens with zero attached hydrogens (tertiary/aromatic N) is 2. The zero-order valence-electron chi connectivity index (χ0n) is 9.10. The van der Waals surface area contributed by atoms with Gasteiger partial charge in [-0.2, -0.15) is 0 Å². The average molecular weight is 218 g/mol. The number of nitrogen functional groups attached to an aromatic ring is 1. The third kappa shape index (κ3) is 2.50. The van der Waals surface area contributed by atoms with Gasteiger partial charge in [0.15, 0.2) is 0 Å². The van der Waals surface area contributed by atoms with Crippen LogP contribution in [0.3, 0.4) is 0 Å². The van der Waals surface area contributed by atoms with E-state index in [0.717, 1.165) is 12.2 Å². The normalized spacial score (nSPS) is 10.3. The van der Waals surface area contributed by atoms with Crippen molar-refractivity contribution < 1.29 is 4.42 Å². The number of aryl methyl sites for hydroxylation is 1. The molecule has 3 N–H and O–H groups in total. The molecule has 5 heteroatoms. The minimum atomic E-state index is 0.117. The molecule has 1 aromatic carbocycles. The summed E-state index contributed by atoms with van der Waals surface area (Å²) in [7, 11) is 0. The van der Waals surface area contributed by atoms with Crippen molar-refractivity contribution in [3.8, 4) is 0 Å². The molecule has 5 nitrogen and oxygen atoms in total. The Bertz CT molecular complexity index is 467. The highest BCUT2D eigenvalue weighted by Crippen LogP contribution is 2.13. The lowest BCUT2D eigenvalue weighted by atomic mass is 10.2. The summed E-state index contributed by atoms with van der Waals surface area (Å²) in [5.41, 5.74) is 7.66. The second-order valence-electron chi connectivity index (χ2n) is 3.53. The largest absolute Gasteiger partial charge is 0.408 e. The van der Waals surface area contributed by atoms with E-state index in [1.165, 1.54) is 5.56 Å². The van der Waals surface area contributed by atoms with Gasteiger partial charge in [-0.3, -0.25) is 0 Å². The Labute approximate surface area is 93.7 Å². The van der Waals surface area contributed by atoms with Gasteiger partial charge < -0.3 is 15.5 Å². The van der Waals surface area contributed by atoms with Crippen LogP contribution in [0, 0.1) is 6.92 Å². The minimum absolute atomic E-state index is 0.117.